The van der Waals surface area contributed by atoms with Crippen LogP contribution in [0.2, 0.25) is 5.04 Å². The van der Waals surface area contributed by atoms with E-state index in [0.717, 1.165) is 15.9 Å². The van der Waals surface area contributed by atoms with Crippen LogP contribution in [0.4, 0.5) is 0 Å². The van der Waals surface area contributed by atoms with Crippen molar-refractivity contribution >= 4 is 34.8 Å². The van der Waals surface area contributed by atoms with Gasteiger partial charge in [-0.3, -0.25) is 4.79 Å². The highest BCUT2D eigenvalue weighted by Crippen LogP contribution is 2.39. The Morgan fingerprint density at radius 2 is 1.37 bits per heavy atom. The van der Waals surface area contributed by atoms with Crippen LogP contribution < -0.4 is 10.4 Å². The van der Waals surface area contributed by atoms with Gasteiger partial charge in [-0.1, -0.05) is 99.1 Å². The van der Waals surface area contributed by atoms with Crippen LogP contribution in [0.15, 0.2) is 89.8 Å². The Bertz CT molecular complexity index is 1230. The minimum atomic E-state index is -4.18. The van der Waals surface area contributed by atoms with E-state index in [4.69, 9.17) is 13.3 Å². The zero-order valence-electron chi connectivity index (χ0n) is 20.3. The topological polar surface area (TPSA) is 78.9 Å². The van der Waals surface area contributed by atoms with Crippen molar-refractivity contribution < 1.29 is 26.6 Å². The fourth-order valence-electron chi connectivity index (χ4n) is 4.50. The Hall–Kier alpha value is -2.78. The fraction of sp³-hybridized carbons (Fsp3) is 0.296. The summed E-state index contributed by atoms with van der Waals surface area (Å²) in [4.78, 5) is 12.4. The van der Waals surface area contributed by atoms with Gasteiger partial charge in [0.1, 0.15) is 6.10 Å². The minimum Gasteiger partial charge on any atom is -0.432 e. The maximum absolute atomic E-state index is 13.0. The van der Waals surface area contributed by atoms with E-state index in [-0.39, 0.29) is 16.4 Å². The third-order valence-corrected chi connectivity index (χ3v) is 12.5. The summed E-state index contributed by atoms with van der Waals surface area (Å²) >= 11 is 0. The Morgan fingerprint density at radius 3 is 1.86 bits per heavy atom. The highest BCUT2D eigenvalue weighted by molar-refractivity contribution is 7.86. The number of cyclic esters (lactones) is 1. The minimum absolute atomic E-state index is 0.00440. The second-order valence-corrected chi connectivity index (χ2v) is 15.6. The second kappa shape index (κ2) is 9.70. The molecule has 3 aromatic rings. The van der Waals surface area contributed by atoms with Gasteiger partial charge in [-0.25, -0.2) is 4.18 Å². The molecule has 0 bridgehead atoms. The van der Waals surface area contributed by atoms with E-state index in [2.05, 4.69) is 20.8 Å². The number of benzene rings is 3. The Labute approximate surface area is 208 Å². The fourth-order valence-corrected chi connectivity index (χ4v) is 10.2. The van der Waals surface area contributed by atoms with Crippen molar-refractivity contribution in [3.8, 4) is 0 Å². The Kier molecular flexibility index (Phi) is 7.01. The summed E-state index contributed by atoms with van der Waals surface area (Å²) in [7, 11) is -7.23. The molecule has 0 spiro atoms. The van der Waals surface area contributed by atoms with Crippen LogP contribution >= 0.6 is 0 Å². The number of carbonyl (C=O) groups excluding carboxylic acids is 1. The molecular weight excluding hydrogens is 480 g/mol. The molecule has 0 saturated carbocycles. The first-order chi connectivity index (χ1) is 16.5. The molecule has 0 N–H and O–H groups in total. The summed E-state index contributed by atoms with van der Waals surface area (Å²) in [5, 5.41) is 1.67. The number of ether oxygens (including phenoxy) is 1. The number of esters is 1. The molecule has 3 aromatic carbocycles. The van der Waals surface area contributed by atoms with Crippen LogP contribution in [0.1, 0.15) is 32.8 Å². The van der Waals surface area contributed by atoms with Crippen LogP contribution in [-0.2, 0) is 28.3 Å². The first kappa shape index (κ1) is 25.3. The molecule has 0 aromatic heterocycles. The van der Waals surface area contributed by atoms with Gasteiger partial charge in [0.15, 0.2) is 0 Å². The lowest BCUT2D eigenvalue weighted by atomic mass is 10.2. The van der Waals surface area contributed by atoms with E-state index < -0.39 is 36.8 Å². The Morgan fingerprint density at radius 1 is 0.857 bits per heavy atom. The average molecular weight is 511 g/mol. The smallest absolute Gasteiger partial charge is 0.311 e. The number of carbonyl (C=O) groups is 1. The third kappa shape index (κ3) is 5.11. The van der Waals surface area contributed by atoms with Crippen LogP contribution in [0.3, 0.4) is 0 Å². The van der Waals surface area contributed by atoms with Gasteiger partial charge in [-0.05, 0) is 34.5 Å². The molecule has 4 rings (SSSR count). The van der Waals surface area contributed by atoms with E-state index in [1.165, 1.54) is 12.1 Å². The summed E-state index contributed by atoms with van der Waals surface area (Å²) < 4.78 is 43.7. The van der Waals surface area contributed by atoms with Crippen LogP contribution in [0, 0.1) is 6.92 Å². The first-order valence-corrected chi connectivity index (χ1v) is 14.8. The third-order valence-electron chi connectivity index (χ3n) is 6.20. The number of rotatable bonds is 7. The van der Waals surface area contributed by atoms with Gasteiger partial charge in [-0.2, -0.15) is 8.42 Å². The predicted octanol–water partition coefficient (Wildman–Crippen LogP) is 3.92. The molecule has 0 unspecified atom stereocenters. The molecule has 0 radical (unpaired) electrons. The molecule has 6 nitrogen and oxygen atoms in total. The SMILES string of the molecule is Cc1ccc(S(=O)(=O)O[C@H]2OC(=O)C[C@@H]2O[Si](c2ccccc2)(c2ccccc2)C(C)(C)C)cc1. The summed E-state index contributed by atoms with van der Waals surface area (Å²) in [6.45, 7) is 8.19. The van der Waals surface area contributed by atoms with Gasteiger partial charge in [0.05, 0.1) is 11.3 Å². The van der Waals surface area contributed by atoms with Crippen LogP contribution in [-0.4, -0.2) is 35.1 Å². The van der Waals surface area contributed by atoms with E-state index >= 15 is 0 Å². The van der Waals surface area contributed by atoms with Gasteiger partial charge in [0.25, 0.3) is 18.4 Å². The Balaban J connectivity index is 1.75. The summed E-state index contributed by atoms with van der Waals surface area (Å²) in [5.41, 5.74) is 0.920. The number of aryl methyl sites for hydroxylation is 1. The van der Waals surface area contributed by atoms with Gasteiger partial charge in [0.2, 0.25) is 6.29 Å². The van der Waals surface area contributed by atoms with E-state index in [1.807, 2.05) is 67.6 Å². The largest absolute Gasteiger partial charge is 0.432 e. The predicted molar refractivity (Wildman–Crippen MR) is 136 cm³/mol. The zero-order valence-corrected chi connectivity index (χ0v) is 22.1. The quantitative estimate of drug-likeness (QED) is 0.272. The molecule has 1 aliphatic rings. The molecule has 35 heavy (non-hydrogen) atoms. The standard InChI is InChI=1S/C27H30O6SSi/c1-20-15-17-21(18-16-20)34(29,30)32-26-24(19-25(28)31-26)33-35(27(2,3)4,22-11-7-5-8-12-22)23-13-9-6-10-14-23/h5-18,24,26H,19H2,1-4H3/t24-,26+/m0/s1. The van der Waals surface area contributed by atoms with Gasteiger partial charge in [0, 0.05) is 0 Å². The maximum atomic E-state index is 13.0. The summed E-state index contributed by atoms with van der Waals surface area (Å²) in [6, 6.07) is 26.2. The van der Waals surface area contributed by atoms with Crippen molar-refractivity contribution in [1.82, 2.24) is 0 Å². The van der Waals surface area contributed by atoms with Crippen molar-refractivity contribution in [2.24, 2.45) is 0 Å². The van der Waals surface area contributed by atoms with Crippen molar-refractivity contribution in [3.05, 3.63) is 90.5 Å². The van der Waals surface area contributed by atoms with Gasteiger partial charge < -0.3 is 9.16 Å². The molecule has 8 heteroatoms. The molecule has 1 heterocycles. The number of hydrogen-bond acceptors (Lipinski definition) is 6. The summed E-state index contributed by atoms with van der Waals surface area (Å²) in [5.74, 6) is -0.558. The van der Waals surface area contributed by atoms with Crippen LogP contribution in [0.5, 0.6) is 0 Å². The van der Waals surface area contributed by atoms with Crippen molar-refractivity contribution in [3.63, 3.8) is 0 Å². The normalized spacial score (nSPS) is 18.9. The van der Waals surface area contributed by atoms with Crippen molar-refractivity contribution in [1.29, 1.82) is 0 Å². The van der Waals surface area contributed by atoms with Crippen molar-refractivity contribution in [2.75, 3.05) is 0 Å². The van der Waals surface area contributed by atoms with Crippen molar-refractivity contribution in [2.45, 2.75) is 56.4 Å². The van der Waals surface area contributed by atoms with E-state index in [0.29, 0.717) is 0 Å². The van der Waals surface area contributed by atoms with E-state index in [1.54, 1.807) is 12.1 Å². The lowest BCUT2D eigenvalue weighted by Crippen LogP contribution is -2.68. The molecule has 1 fully saturated rings. The van der Waals surface area contributed by atoms with Crippen LogP contribution in [0.25, 0.3) is 0 Å². The molecule has 184 valence electrons. The zero-order chi connectivity index (χ0) is 25.3. The molecule has 1 aliphatic heterocycles. The van der Waals surface area contributed by atoms with E-state index in [9.17, 15) is 13.2 Å². The maximum Gasteiger partial charge on any atom is 0.311 e. The number of hydrogen-bond donors (Lipinski definition) is 0. The van der Waals surface area contributed by atoms with Gasteiger partial charge in [-0.15, -0.1) is 0 Å². The monoisotopic (exact) mass is 510 g/mol. The molecule has 0 amide bonds. The highest BCUT2D eigenvalue weighted by Gasteiger charge is 2.54. The molecule has 1 saturated heterocycles. The average Bonchev–Trinajstić information content (AvgIpc) is 3.15. The highest BCUT2D eigenvalue weighted by atomic mass is 32.2. The lowest BCUT2D eigenvalue weighted by molar-refractivity contribution is -0.153. The van der Waals surface area contributed by atoms with Gasteiger partial charge >= 0.3 is 5.97 Å². The molecule has 2 atom stereocenters. The molecule has 0 aliphatic carbocycles. The lowest BCUT2D eigenvalue weighted by Gasteiger charge is -2.44. The molecular formula is C27H30O6SSi. The second-order valence-electron chi connectivity index (χ2n) is 9.75. The first-order valence-electron chi connectivity index (χ1n) is 11.5. The summed E-state index contributed by atoms with van der Waals surface area (Å²) in [6.07, 6.45) is -2.37.